The highest BCUT2D eigenvalue weighted by molar-refractivity contribution is 5.99. The molecule has 88 valence electrons. The van der Waals surface area contributed by atoms with Gasteiger partial charge in [-0.2, -0.15) is 5.11 Å². The van der Waals surface area contributed by atoms with E-state index in [0.717, 1.165) is 0 Å². The number of hydrogen-bond donors (Lipinski definition) is 3. The first kappa shape index (κ1) is 12.2. The number of imide groups is 1. The molecular formula is C8H12N4O4. The van der Waals surface area contributed by atoms with E-state index < -0.39 is 29.6 Å². The maximum Gasteiger partial charge on any atom is 0.366 e. The molecule has 0 fully saturated rings. The number of carbonyl (C=O) groups excluding carboxylic acids is 2. The van der Waals surface area contributed by atoms with Crippen LogP contribution in [0.25, 0.3) is 0 Å². The molecule has 1 rings (SSSR count). The van der Waals surface area contributed by atoms with Crippen molar-refractivity contribution in [3.63, 3.8) is 0 Å². The number of aliphatic carboxylic acids is 1. The van der Waals surface area contributed by atoms with Crippen molar-refractivity contribution in [2.45, 2.75) is 32.0 Å². The highest BCUT2D eigenvalue weighted by Crippen LogP contribution is 2.12. The standard InChI is InChI=1S/C8H12N4O4/c1-3-8(2,6(14)15)10-4-5(13)9-7(16)12-11-4/h4,10H,3H2,1-2H3,(H,14,15)(H,9,13,16)/t4?,8-/m0/s1. The highest BCUT2D eigenvalue weighted by Gasteiger charge is 2.37. The molecule has 1 aliphatic heterocycles. The van der Waals surface area contributed by atoms with Gasteiger partial charge < -0.3 is 5.11 Å². The molecule has 8 nitrogen and oxygen atoms in total. The Morgan fingerprint density at radius 1 is 1.62 bits per heavy atom. The van der Waals surface area contributed by atoms with Gasteiger partial charge in [0.25, 0.3) is 5.91 Å². The highest BCUT2D eigenvalue weighted by atomic mass is 16.4. The van der Waals surface area contributed by atoms with E-state index in [1.807, 2.05) is 5.32 Å². The molecule has 1 heterocycles. The third-order valence-electron chi connectivity index (χ3n) is 2.38. The fourth-order valence-corrected chi connectivity index (χ4v) is 1.07. The first-order valence-electron chi connectivity index (χ1n) is 4.66. The molecule has 3 N–H and O–H groups in total. The Bertz CT molecular complexity index is 367. The summed E-state index contributed by atoms with van der Waals surface area (Å²) in [6, 6.07) is -0.850. The van der Waals surface area contributed by atoms with Crippen LogP contribution in [0.4, 0.5) is 4.79 Å². The first-order chi connectivity index (χ1) is 7.39. The number of urea groups is 1. The van der Waals surface area contributed by atoms with E-state index in [1.54, 1.807) is 6.92 Å². The van der Waals surface area contributed by atoms with Gasteiger partial charge in [-0.1, -0.05) is 12.0 Å². The van der Waals surface area contributed by atoms with E-state index in [-0.39, 0.29) is 6.42 Å². The molecule has 1 unspecified atom stereocenters. The van der Waals surface area contributed by atoms with Crippen molar-refractivity contribution in [3.05, 3.63) is 0 Å². The summed E-state index contributed by atoms with van der Waals surface area (Å²) >= 11 is 0. The Labute approximate surface area is 91.1 Å². The summed E-state index contributed by atoms with van der Waals surface area (Å²) in [5.41, 5.74) is -1.29. The van der Waals surface area contributed by atoms with Crippen LogP contribution in [0.2, 0.25) is 0 Å². The van der Waals surface area contributed by atoms with Crippen molar-refractivity contribution in [2.75, 3.05) is 0 Å². The Morgan fingerprint density at radius 2 is 2.25 bits per heavy atom. The van der Waals surface area contributed by atoms with Gasteiger partial charge in [0.2, 0.25) is 6.17 Å². The van der Waals surface area contributed by atoms with E-state index in [4.69, 9.17) is 5.11 Å². The molecule has 0 aromatic heterocycles. The fourth-order valence-electron chi connectivity index (χ4n) is 1.07. The van der Waals surface area contributed by atoms with Crippen molar-refractivity contribution in [1.29, 1.82) is 0 Å². The molecule has 8 heteroatoms. The average Bonchev–Trinajstić information content (AvgIpc) is 2.22. The van der Waals surface area contributed by atoms with Crippen LogP contribution >= 0.6 is 0 Å². The minimum Gasteiger partial charge on any atom is -0.480 e. The number of azo groups is 1. The topological polar surface area (TPSA) is 120 Å². The Hall–Kier alpha value is -1.83. The second-order valence-corrected chi connectivity index (χ2v) is 3.55. The van der Waals surface area contributed by atoms with Crippen LogP contribution in [0.15, 0.2) is 10.2 Å². The first-order valence-corrected chi connectivity index (χ1v) is 4.66. The summed E-state index contributed by atoms with van der Waals surface area (Å²) in [5, 5.41) is 20.0. The van der Waals surface area contributed by atoms with E-state index >= 15 is 0 Å². The molecule has 0 radical (unpaired) electrons. The van der Waals surface area contributed by atoms with Gasteiger partial charge in [-0.3, -0.25) is 20.2 Å². The number of carboxylic acids is 1. The predicted molar refractivity (Wildman–Crippen MR) is 51.7 cm³/mol. The minimum absolute atomic E-state index is 0.260. The SMILES string of the molecule is CC[C@](C)(NC1N=NC(=O)NC1=O)C(=O)O. The molecular weight excluding hydrogens is 216 g/mol. The zero-order chi connectivity index (χ0) is 12.3. The molecule has 1 aliphatic rings. The van der Waals surface area contributed by atoms with Crippen LogP contribution in [-0.2, 0) is 9.59 Å². The van der Waals surface area contributed by atoms with Crippen molar-refractivity contribution in [2.24, 2.45) is 10.2 Å². The lowest BCUT2D eigenvalue weighted by Gasteiger charge is -2.28. The van der Waals surface area contributed by atoms with Gasteiger partial charge in [0.15, 0.2) is 0 Å². The molecule has 3 amide bonds. The Morgan fingerprint density at radius 3 is 2.69 bits per heavy atom. The number of nitrogens with zero attached hydrogens (tertiary/aromatic N) is 2. The van der Waals surface area contributed by atoms with Crippen LogP contribution in [0.5, 0.6) is 0 Å². The van der Waals surface area contributed by atoms with E-state index in [9.17, 15) is 14.4 Å². The fraction of sp³-hybridized carbons (Fsp3) is 0.625. The van der Waals surface area contributed by atoms with Crippen LogP contribution in [0, 0.1) is 0 Å². The second-order valence-electron chi connectivity index (χ2n) is 3.55. The maximum atomic E-state index is 11.3. The van der Waals surface area contributed by atoms with Crippen molar-refractivity contribution >= 4 is 17.9 Å². The largest absolute Gasteiger partial charge is 0.480 e. The van der Waals surface area contributed by atoms with E-state index in [2.05, 4.69) is 15.5 Å². The summed E-state index contributed by atoms with van der Waals surface area (Å²) in [6.45, 7) is 3.08. The molecule has 0 aromatic carbocycles. The summed E-state index contributed by atoms with van der Waals surface area (Å²) in [5.74, 6) is -1.81. The van der Waals surface area contributed by atoms with E-state index in [1.165, 1.54) is 6.92 Å². The van der Waals surface area contributed by atoms with Crippen molar-refractivity contribution < 1.29 is 19.5 Å². The van der Waals surface area contributed by atoms with Crippen LogP contribution in [0.1, 0.15) is 20.3 Å². The summed E-state index contributed by atoms with van der Waals surface area (Å²) in [6.07, 6.45) is -0.894. The molecule has 0 spiro atoms. The van der Waals surface area contributed by atoms with Crippen LogP contribution in [0.3, 0.4) is 0 Å². The predicted octanol–water partition coefficient (Wildman–Crippen LogP) is -0.143. The van der Waals surface area contributed by atoms with Gasteiger partial charge in [-0.15, -0.1) is 0 Å². The van der Waals surface area contributed by atoms with Crippen LogP contribution < -0.4 is 10.6 Å². The summed E-state index contributed by atoms with van der Waals surface area (Å²) in [7, 11) is 0. The van der Waals surface area contributed by atoms with Crippen LogP contribution in [-0.4, -0.2) is 34.7 Å². The van der Waals surface area contributed by atoms with Gasteiger partial charge >= 0.3 is 12.0 Å². The lowest BCUT2D eigenvalue weighted by Crippen LogP contribution is -2.58. The monoisotopic (exact) mass is 228 g/mol. The summed E-state index contributed by atoms with van der Waals surface area (Å²) in [4.78, 5) is 32.9. The zero-order valence-corrected chi connectivity index (χ0v) is 8.85. The Balaban J connectivity index is 2.81. The van der Waals surface area contributed by atoms with Crippen molar-refractivity contribution in [3.8, 4) is 0 Å². The smallest absolute Gasteiger partial charge is 0.366 e. The molecule has 2 atom stereocenters. The Kier molecular flexibility index (Phi) is 3.33. The maximum absolute atomic E-state index is 11.3. The lowest BCUT2D eigenvalue weighted by atomic mass is 9.99. The summed E-state index contributed by atoms with van der Waals surface area (Å²) < 4.78 is 0. The van der Waals surface area contributed by atoms with Gasteiger partial charge in [0.1, 0.15) is 5.54 Å². The number of carbonyl (C=O) groups is 3. The van der Waals surface area contributed by atoms with Gasteiger partial charge in [-0.05, 0) is 13.3 Å². The molecule has 16 heavy (non-hydrogen) atoms. The number of nitrogens with one attached hydrogen (secondary N) is 2. The normalized spacial score (nSPS) is 23.8. The molecule has 0 saturated heterocycles. The molecule has 0 aliphatic carbocycles. The van der Waals surface area contributed by atoms with Gasteiger partial charge in [0, 0.05) is 0 Å². The third-order valence-corrected chi connectivity index (χ3v) is 2.38. The average molecular weight is 228 g/mol. The minimum atomic E-state index is -1.29. The quantitative estimate of drug-likeness (QED) is 0.618. The molecule has 0 aromatic rings. The number of carboxylic acid groups (broad SMARTS) is 1. The molecule has 0 bridgehead atoms. The number of amides is 3. The van der Waals surface area contributed by atoms with Gasteiger partial charge in [0.05, 0.1) is 0 Å². The molecule has 0 saturated carbocycles. The zero-order valence-electron chi connectivity index (χ0n) is 8.85. The van der Waals surface area contributed by atoms with Crippen molar-refractivity contribution in [1.82, 2.24) is 10.6 Å². The van der Waals surface area contributed by atoms with Gasteiger partial charge in [-0.25, -0.2) is 4.79 Å². The number of rotatable bonds is 4. The van der Waals surface area contributed by atoms with E-state index in [0.29, 0.717) is 0 Å². The third kappa shape index (κ3) is 2.40. The number of hydrogen-bond acceptors (Lipinski definition) is 5. The lowest BCUT2D eigenvalue weighted by molar-refractivity contribution is -0.145. The second kappa shape index (κ2) is 4.35.